The summed E-state index contributed by atoms with van der Waals surface area (Å²) in [4.78, 5) is 0. The topological polar surface area (TPSA) is 47.3 Å². The van der Waals surface area contributed by atoms with Gasteiger partial charge >= 0.3 is 0 Å². The Morgan fingerprint density at radius 3 is 2.40 bits per heavy atom. The van der Waals surface area contributed by atoms with E-state index in [2.05, 4.69) is 19.2 Å². The van der Waals surface area contributed by atoms with Gasteiger partial charge in [-0.1, -0.05) is 26.7 Å². The minimum atomic E-state index is 0.216. The standard InChI is InChI=1S/C12H28N2O/c1-11(2)6-4-5-8-14-9-7-12(10-13)15-3/h11-12,14H,4-10,13H2,1-3H3. The molecule has 3 nitrogen and oxygen atoms in total. The second kappa shape index (κ2) is 10.4. The lowest BCUT2D eigenvalue weighted by Gasteiger charge is -2.13. The molecule has 0 aliphatic rings. The molecule has 0 saturated heterocycles. The maximum atomic E-state index is 5.53. The lowest BCUT2D eigenvalue weighted by atomic mass is 10.1. The summed E-state index contributed by atoms with van der Waals surface area (Å²) in [6.45, 7) is 7.30. The highest BCUT2D eigenvalue weighted by Gasteiger charge is 2.02. The van der Waals surface area contributed by atoms with Crippen molar-refractivity contribution in [3.8, 4) is 0 Å². The molecule has 0 amide bonds. The Morgan fingerprint density at radius 1 is 1.13 bits per heavy atom. The summed E-state index contributed by atoms with van der Waals surface area (Å²) in [6, 6.07) is 0. The fourth-order valence-corrected chi connectivity index (χ4v) is 1.52. The molecule has 1 atom stereocenters. The Bertz CT molecular complexity index is 125. The van der Waals surface area contributed by atoms with Gasteiger partial charge in [-0.15, -0.1) is 0 Å². The normalized spacial score (nSPS) is 13.4. The van der Waals surface area contributed by atoms with E-state index in [4.69, 9.17) is 10.5 Å². The number of unbranched alkanes of at least 4 members (excludes halogenated alkanes) is 1. The van der Waals surface area contributed by atoms with E-state index in [-0.39, 0.29) is 6.10 Å². The molecule has 0 aliphatic carbocycles. The van der Waals surface area contributed by atoms with E-state index in [0.717, 1.165) is 25.4 Å². The monoisotopic (exact) mass is 216 g/mol. The summed E-state index contributed by atoms with van der Waals surface area (Å²) in [5, 5.41) is 3.42. The number of nitrogens with two attached hydrogens (primary N) is 1. The van der Waals surface area contributed by atoms with E-state index < -0.39 is 0 Å². The molecule has 3 heteroatoms. The van der Waals surface area contributed by atoms with Crippen LogP contribution in [-0.2, 0) is 4.74 Å². The van der Waals surface area contributed by atoms with E-state index in [9.17, 15) is 0 Å². The molecule has 15 heavy (non-hydrogen) atoms. The summed E-state index contributed by atoms with van der Waals surface area (Å²) >= 11 is 0. The summed E-state index contributed by atoms with van der Waals surface area (Å²) < 4.78 is 5.19. The second-order valence-corrected chi connectivity index (χ2v) is 4.52. The van der Waals surface area contributed by atoms with E-state index in [1.54, 1.807) is 7.11 Å². The third-order valence-corrected chi connectivity index (χ3v) is 2.62. The van der Waals surface area contributed by atoms with Crippen molar-refractivity contribution in [3.05, 3.63) is 0 Å². The third kappa shape index (κ3) is 10.2. The SMILES string of the molecule is COC(CN)CCNCCCCC(C)C. The minimum Gasteiger partial charge on any atom is -0.380 e. The van der Waals surface area contributed by atoms with Crippen LogP contribution in [0.4, 0.5) is 0 Å². The Morgan fingerprint density at radius 2 is 1.87 bits per heavy atom. The lowest BCUT2D eigenvalue weighted by molar-refractivity contribution is 0.102. The molecule has 0 radical (unpaired) electrons. The van der Waals surface area contributed by atoms with Crippen LogP contribution in [-0.4, -0.2) is 32.8 Å². The van der Waals surface area contributed by atoms with Crippen molar-refractivity contribution in [2.45, 2.75) is 45.6 Å². The minimum absolute atomic E-state index is 0.216. The van der Waals surface area contributed by atoms with Crippen molar-refractivity contribution in [1.29, 1.82) is 0 Å². The first-order valence-corrected chi connectivity index (χ1v) is 6.14. The van der Waals surface area contributed by atoms with Gasteiger partial charge in [0.05, 0.1) is 6.10 Å². The molecule has 0 aliphatic heterocycles. The average Bonchev–Trinajstić information content (AvgIpc) is 2.22. The number of nitrogens with one attached hydrogen (secondary N) is 1. The lowest BCUT2D eigenvalue weighted by Crippen LogP contribution is -2.28. The Labute approximate surface area is 94.8 Å². The van der Waals surface area contributed by atoms with Gasteiger partial charge in [0.15, 0.2) is 0 Å². The van der Waals surface area contributed by atoms with Crippen LogP contribution in [0.5, 0.6) is 0 Å². The van der Waals surface area contributed by atoms with E-state index in [1.165, 1.54) is 19.3 Å². The first-order chi connectivity index (χ1) is 7.20. The first-order valence-electron chi connectivity index (χ1n) is 6.14. The molecule has 0 aromatic heterocycles. The number of methoxy groups -OCH3 is 1. The largest absolute Gasteiger partial charge is 0.380 e. The highest BCUT2D eigenvalue weighted by Crippen LogP contribution is 2.05. The zero-order valence-electron chi connectivity index (χ0n) is 10.6. The molecule has 0 spiro atoms. The van der Waals surface area contributed by atoms with Crippen LogP contribution < -0.4 is 11.1 Å². The Kier molecular flexibility index (Phi) is 10.3. The molecule has 0 aromatic rings. The van der Waals surface area contributed by atoms with Crippen molar-refractivity contribution >= 4 is 0 Å². The molecule has 92 valence electrons. The number of ether oxygens (including phenoxy) is 1. The van der Waals surface area contributed by atoms with Gasteiger partial charge in [-0.2, -0.15) is 0 Å². The first kappa shape index (κ1) is 14.9. The molecular weight excluding hydrogens is 188 g/mol. The van der Waals surface area contributed by atoms with Crippen LogP contribution in [0.15, 0.2) is 0 Å². The zero-order valence-corrected chi connectivity index (χ0v) is 10.6. The van der Waals surface area contributed by atoms with Gasteiger partial charge in [-0.3, -0.25) is 0 Å². The Balaban J connectivity index is 3.10. The average molecular weight is 216 g/mol. The maximum Gasteiger partial charge on any atom is 0.0705 e. The van der Waals surface area contributed by atoms with E-state index in [0.29, 0.717) is 6.54 Å². The maximum absolute atomic E-state index is 5.53. The van der Waals surface area contributed by atoms with E-state index >= 15 is 0 Å². The van der Waals surface area contributed by atoms with Gasteiger partial charge in [0.2, 0.25) is 0 Å². The van der Waals surface area contributed by atoms with Crippen LogP contribution in [0.2, 0.25) is 0 Å². The van der Waals surface area contributed by atoms with Crippen LogP contribution in [0, 0.1) is 5.92 Å². The van der Waals surface area contributed by atoms with Crippen molar-refractivity contribution in [1.82, 2.24) is 5.32 Å². The van der Waals surface area contributed by atoms with Crippen molar-refractivity contribution in [2.24, 2.45) is 11.7 Å². The fourth-order valence-electron chi connectivity index (χ4n) is 1.52. The molecule has 3 N–H and O–H groups in total. The number of hydrogen-bond donors (Lipinski definition) is 2. The van der Waals surface area contributed by atoms with Crippen molar-refractivity contribution in [2.75, 3.05) is 26.7 Å². The molecule has 0 heterocycles. The van der Waals surface area contributed by atoms with Gasteiger partial charge in [-0.25, -0.2) is 0 Å². The fraction of sp³-hybridized carbons (Fsp3) is 1.00. The van der Waals surface area contributed by atoms with Gasteiger partial charge in [0.25, 0.3) is 0 Å². The molecule has 0 rings (SSSR count). The molecular formula is C12H28N2O. The summed E-state index contributed by atoms with van der Waals surface area (Å²) in [5.41, 5.74) is 5.53. The predicted octanol–water partition coefficient (Wildman–Crippen LogP) is 1.77. The second-order valence-electron chi connectivity index (χ2n) is 4.52. The summed E-state index contributed by atoms with van der Waals surface area (Å²) in [6.07, 6.45) is 5.17. The quantitative estimate of drug-likeness (QED) is 0.547. The summed E-state index contributed by atoms with van der Waals surface area (Å²) in [5.74, 6) is 0.833. The highest BCUT2D eigenvalue weighted by atomic mass is 16.5. The van der Waals surface area contributed by atoms with Gasteiger partial charge in [0, 0.05) is 13.7 Å². The van der Waals surface area contributed by atoms with Crippen molar-refractivity contribution < 1.29 is 4.74 Å². The highest BCUT2D eigenvalue weighted by molar-refractivity contribution is 4.60. The van der Waals surface area contributed by atoms with Crippen LogP contribution in [0.3, 0.4) is 0 Å². The smallest absolute Gasteiger partial charge is 0.0705 e. The molecule has 0 aromatic carbocycles. The zero-order chi connectivity index (χ0) is 11.5. The molecule has 1 unspecified atom stereocenters. The molecule has 0 saturated carbocycles. The summed E-state index contributed by atoms with van der Waals surface area (Å²) in [7, 11) is 1.72. The number of hydrogen-bond acceptors (Lipinski definition) is 3. The van der Waals surface area contributed by atoms with Gasteiger partial charge in [-0.05, 0) is 31.8 Å². The molecule has 0 fully saturated rings. The van der Waals surface area contributed by atoms with E-state index in [1.807, 2.05) is 0 Å². The van der Waals surface area contributed by atoms with Crippen LogP contribution in [0.1, 0.15) is 39.5 Å². The van der Waals surface area contributed by atoms with Gasteiger partial charge in [0.1, 0.15) is 0 Å². The third-order valence-electron chi connectivity index (χ3n) is 2.62. The Hall–Kier alpha value is -0.120. The van der Waals surface area contributed by atoms with Crippen LogP contribution >= 0.6 is 0 Å². The predicted molar refractivity (Wildman–Crippen MR) is 66.0 cm³/mol. The van der Waals surface area contributed by atoms with Crippen LogP contribution in [0.25, 0.3) is 0 Å². The number of rotatable bonds is 10. The van der Waals surface area contributed by atoms with Crippen molar-refractivity contribution in [3.63, 3.8) is 0 Å². The molecule has 0 bridgehead atoms. The van der Waals surface area contributed by atoms with Gasteiger partial charge < -0.3 is 15.8 Å².